The zero-order valence-corrected chi connectivity index (χ0v) is 17.3. The number of H-pyrrole nitrogens is 1. The first-order valence-corrected chi connectivity index (χ1v) is 10.4. The summed E-state index contributed by atoms with van der Waals surface area (Å²) in [6, 6.07) is 18.9. The van der Waals surface area contributed by atoms with Gasteiger partial charge in [-0.2, -0.15) is 0 Å². The maximum absolute atomic E-state index is 12.9. The number of piperidine rings is 1. The first-order valence-electron chi connectivity index (χ1n) is 10.4. The molecular weight excluding hydrogens is 382 g/mol. The van der Waals surface area contributed by atoms with Crippen molar-refractivity contribution in [1.82, 2.24) is 15.6 Å². The van der Waals surface area contributed by atoms with E-state index in [0.717, 1.165) is 37.9 Å². The second kappa shape index (κ2) is 8.21. The van der Waals surface area contributed by atoms with Crippen LogP contribution in [0, 0.1) is 11.3 Å². The summed E-state index contributed by atoms with van der Waals surface area (Å²) >= 11 is 0. The van der Waals surface area contributed by atoms with Gasteiger partial charge >= 0.3 is 0 Å². The molecule has 4 nitrogen and oxygen atoms in total. The third kappa shape index (κ3) is 3.79. The van der Waals surface area contributed by atoms with E-state index in [0.29, 0.717) is 6.54 Å². The van der Waals surface area contributed by atoms with E-state index < -0.39 is 0 Å². The molecule has 0 radical (unpaired) electrons. The number of amides is 1. The Kier molecular flexibility index (Phi) is 5.66. The molecule has 1 aromatic heterocycles. The van der Waals surface area contributed by atoms with E-state index in [1.165, 1.54) is 16.5 Å². The average molecular weight is 410 g/mol. The fourth-order valence-corrected chi connectivity index (χ4v) is 5.00. The number of carbonyl (C=O) groups is 1. The normalized spacial score (nSPS) is 20.8. The number of carbonyl (C=O) groups excluding carboxylic acids is 1. The van der Waals surface area contributed by atoms with Crippen molar-refractivity contribution in [3.63, 3.8) is 0 Å². The predicted molar refractivity (Wildman–Crippen MR) is 119 cm³/mol. The number of aromatic amines is 1. The van der Waals surface area contributed by atoms with Crippen molar-refractivity contribution >= 4 is 29.2 Å². The molecular formula is C24H28ClN3O. The van der Waals surface area contributed by atoms with Gasteiger partial charge in [-0.1, -0.05) is 48.5 Å². The zero-order chi connectivity index (χ0) is 19.0. The van der Waals surface area contributed by atoms with Crippen LogP contribution in [0.2, 0.25) is 0 Å². The van der Waals surface area contributed by atoms with Crippen molar-refractivity contribution in [3.8, 4) is 0 Å². The molecule has 1 spiro atoms. The van der Waals surface area contributed by atoms with E-state index in [9.17, 15) is 4.79 Å². The largest absolute Gasteiger partial charge is 0.361 e. The lowest BCUT2D eigenvalue weighted by atomic mass is 9.90. The molecule has 5 heteroatoms. The Labute approximate surface area is 177 Å². The Morgan fingerprint density at radius 2 is 1.79 bits per heavy atom. The number of halogens is 1. The van der Waals surface area contributed by atoms with Crippen LogP contribution in [-0.2, 0) is 4.79 Å². The molecule has 2 aliphatic rings. The highest BCUT2D eigenvalue weighted by Crippen LogP contribution is 2.58. The van der Waals surface area contributed by atoms with Gasteiger partial charge in [-0.15, -0.1) is 12.4 Å². The van der Waals surface area contributed by atoms with Crippen molar-refractivity contribution in [2.24, 2.45) is 11.3 Å². The van der Waals surface area contributed by atoms with Crippen LogP contribution in [0.5, 0.6) is 0 Å². The van der Waals surface area contributed by atoms with Crippen molar-refractivity contribution in [1.29, 1.82) is 0 Å². The topological polar surface area (TPSA) is 56.9 Å². The van der Waals surface area contributed by atoms with Crippen LogP contribution >= 0.6 is 12.4 Å². The summed E-state index contributed by atoms with van der Waals surface area (Å²) in [5.74, 6) is 0.584. The summed E-state index contributed by atoms with van der Waals surface area (Å²) < 4.78 is 0. The minimum absolute atomic E-state index is 0. The number of hydrogen-bond donors (Lipinski definition) is 3. The molecule has 1 amide bonds. The summed E-state index contributed by atoms with van der Waals surface area (Å²) in [6.07, 6.45) is 5.43. The smallest absolute Gasteiger partial charge is 0.223 e. The lowest BCUT2D eigenvalue weighted by molar-refractivity contribution is -0.123. The second-order valence-corrected chi connectivity index (χ2v) is 8.37. The summed E-state index contributed by atoms with van der Waals surface area (Å²) in [7, 11) is 0. The van der Waals surface area contributed by atoms with E-state index in [1.807, 2.05) is 12.1 Å². The molecule has 0 bridgehead atoms. The van der Waals surface area contributed by atoms with Gasteiger partial charge in [-0.05, 0) is 55.0 Å². The highest BCUT2D eigenvalue weighted by molar-refractivity contribution is 5.86. The SMILES string of the molecule is Cl.O=C(NCC(c1ccccc1)c1c[nH]c2ccccc12)C1CC12CCNCC2. The Morgan fingerprint density at radius 3 is 2.59 bits per heavy atom. The molecule has 1 aliphatic heterocycles. The Balaban J connectivity index is 0.00000205. The standard InChI is InChI=1S/C24H27N3O.ClH/c28-23(21-14-24(21)10-12-25-13-11-24)27-15-19(17-6-2-1-3-7-17)20-16-26-22-9-5-4-8-18(20)22;/h1-9,16,19,21,25-26H,10-15H2,(H,27,28);1H. The van der Waals surface area contributed by atoms with Crippen molar-refractivity contribution in [2.75, 3.05) is 19.6 Å². The fraction of sp³-hybridized carbons (Fsp3) is 0.375. The average Bonchev–Trinajstić information content (AvgIpc) is 3.26. The van der Waals surface area contributed by atoms with Crippen molar-refractivity contribution < 1.29 is 4.79 Å². The quantitative estimate of drug-likeness (QED) is 0.590. The maximum atomic E-state index is 12.9. The maximum Gasteiger partial charge on any atom is 0.223 e. The van der Waals surface area contributed by atoms with Gasteiger partial charge in [0.15, 0.2) is 0 Å². The lowest BCUT2D eigenvalue weighted by Crippen LogP contribution is -2.35. The molecule has 2 fully saturated rings. The zero-order valence-electron chi connectivity index (χ0n) is 16.5. The first kappa shape index (κ1) is 20.0. The van der Waals surface area contributed by atoms with Crippen LogP contribution in [-0.4, -0.2) is 30.5 Å². The molecule has 152 valence electrons. The molecule has 1 aliphatic carbocycles. The molecule has 2 heterocycles. The monoisotopic (exact) mass is 409 g/mol. The Morgan fingerprint density at radius 1 is 1.07 bits per heavy atom. The molecule has 2 atom stereocenters. The summed E-state index contributed by atoms with van der Waals surface area (Å²) in [4.78, 5) is 16.3. The fourth-order valence-electron chi connectivity index (χ4n) is 5.00. The third-order valence-corrected chi connectivity index (χ3v) is 6.78. The number of hydrogen-bond acceptors (Lipinski definition) is 2. The van der Waals surface area contributed by atoms with E-state index in [2.05, 4.69) is 64.3 Å². The van der Waals surface area contributed by atoms with Crippen LogP contribution in [0.3, 0.4) is 0 Å². The highest BCUT2D eigenvalue weighted by Gasteiger charge is 2.57. The van der Waals surface area contributed by atoms with E-state index in [1.54, 1.807) is 0 Å². The van der Waals surface area contributed by atoms with E-state index in [4.69, 9.17) is 0 Å². The summed E-state index contributed by atoms with van der Waals surface area (Å²) in [5.41, 5.74) is 3.90. The molecule has 5 rings (SSSR count). The van der Waals surface area contributed by atoms with Crippen molar-refractivity contribution in [2.45, 2.75) is 25.2 Å². The molecule has 1 saturated heterocycles. The number of aromatic nitrogens is 1. The van der Waals surface area contributed by atoms with Gasteiger partial charge in [0, 0.05) is 35.5 Å². The van der Waals surface area contributed by atoms with Gasteiger partial charge in [0.05, 0.1) is 0 Å². The summed E-state index contributed by atoms with van der Waals surface area (Å²) in [5, 5.41) is 7.94. The van der Waals surface area contributed by atoms with Crippen LogP contribution in [0.15, 0.2) is 60.8 Å². The third-order valence-electron chi connectivity index (χ3n) is 6.78. The number of fused-ring (bicyclic) bond motifs is 1. The van der Waals surface area contributed by atoms with E-state index >= 15 is 0 Å². The van der Waals surface area contributed by atoms with Gasteiger partial charge < -0.3 is 15.6 Å². The molecule has 3 N–H and O–H groups in total. The highest BCUT2D eigenvalue weighted by atomic mass is 35.5. The van der Waals surface area contributed by atoms with Gasteiger partial charge in [0.25, 0.3) is 0 Å². The molecule has 2 aromatic carbocycles. The Hall–Kier alpha value is -2.30. The van der Waals surface area contributed by atoms with Gasteiger partial charge in [0.1, 0.15) is 0 Å². The minimum Gasteiger partial charge on any atom is -0.361 e. The van der Waals surface area contributed by atoms with Gasteiger partial charge in [0.2, 0.25) is 5.91 Å². The molecule has 3 aromatic rings. The van der Waals surface area contributed by atoms with Crippen LogP contribution < -0.4 is 10.6 Å². The van der Waals surface area contributed by atoms with Gasteiger partial charge in [-0.3, -0.25) is 4.79 Å². The predicted octanol–water partition coefficient (Wildman–Crippen LogP) is 4.23. The molecule has 2 unspecified atom stereocenters. The van der Waals surface area contributed by atoms with Crippen LogP contribution in [0.25, 0.3) is 10.9 Å². The number of benzene rings is 2. The lowest BCUT2D eigenvalue weighted by Gasteiger charge is -2.23. The van der Waals surface area contributed by atoms with Crippen LogP contribution in [0.4, 0.5) is 0 Å². The molecule has 1 saturated carbocycles. The number of para-hydroxylation sites is 1. The number of rotatable bonds is 5. The van der Waals surface area contributed by atoms with Crippen molar-refractivity contribution in [3.05, 3.63) is 71.9 Å². The summed E-state index contributed by atoms with van der Waals surface area (Å²) in [6.45, 7) is 2.73. The number of nitrogens with one attached hydrogen (secondary N) is 3. The van der Waals surface area contributed by atoms with Crippen LogP contribution in [0.1, 0.15) is 36.3 Å². The molecule has 29 heavy (non-hydrogen) atoms. The first-order chi connectivity index (χ1) is 13.8. The minimum atomic E-state index is 0. The van der Waals surface area contributed by atoms with E-state index in [-0.39, 0.29) is 35.6 Å². The van der Waals surface area contributed by atoms with Gasteiger partial charge in [-0.25, -0.2) is 0 Å². The Bertz CT molecular complexity index is 978. The second-order valence-electron chi connectivity index (χ2n) is 8.37.